The summed E-state index contributed by atoms with van der Waals surface area (Å²) in [5.74, 6) is 1.28. The summed E-state index contributed by atoms with van der Waals surface area (Å²) in [6.07, 6.45) is 10.8. The van der Waals surface area contributed by atoms with Crippen molar-refractivity contribution >= 4 is 22.3 Å². The van der Waals surface area contributed by atoms with Gasteiger partial charge < -0.3 is 19.9 Å². The van der Waals surface area contributed by atoms with Crippen molar-refractivity contribution in [1.29, 1.82) is 0 Å². The Kier molecular flexibility index (Phi) is 6.14. The number of hydrogen-bond acceptors (Lipinski definition) is 7. The number of anilines is 1. The van der Waals surface area contributed by atoms with Crippen LogP contribution in [0.1, 0.15) is 11.3 Å². The van der Waals surface area contributed by atoms with E-state index < -0.39 is 0 Å². The number of aromatic nitrogens is 6. The Morgan fingerprint density at radius 2 is 1.92 bits per heavy atom. The van der Waals surface area contributed by atoms with Gasteiger partial charge in [-0.05, 0) is 56.1 Å². The van der Waals surface area contributed by atoms with Crippen LogP contribution in [0.15, 0.2) is 73.3 Å². The summed E-state index contributed by atoms with van der Waals surface area (Å²) in [7, 11) is 3.93. The minimum Gasteiger partial charge on any atom is -0.492 e. The molecule has 0 aliphatic carbocycles. The van der Waals surface area contributed by atoms with Gasteiger partial charge in [0.1, 0.15) is 23.9 Å². The summed E-state index contributed by atoms with van der Waals surface area (Å²) in [5.41, 5.74) is 5.37. The van der Waals surface area contributed by atoms with Gasteiger partial charge in [-0.15, -0.1) is 0 Å². The number of halogens is 1. The van der Waals surface area contributed by atoms with E-state index in [1.165, 1.54) is 12.1 Å². The summed E-state index contributed by atoms with van der Waals surface area (Å²) in [5, 5.41) is 11.6. The number of aromatic amines is 2. The van der Waals surface area contributed by atoms with Crippen molar-refractivity contribution in [2.24, 2.45) is 0 Å². The molecule has 1 aliphatic rings. The highest BCUT2D eigenvalue weighted by atomic mass is 19.1. The van der Waals surface area contributed by atoms with E-state index in [-0.39, 0.29) is 5.82 Å². The SMILES string of the molecule is CN(C)CCOc1cc(F)cc(C2=CC=CNc3nc(-c4n[nH]c5cnc(-c6ccncc6)cc45)[nH]c32)c1. The van der Waals surface area contributed by atoms with Crippen LogP contribution in [0.4, 0.5) is 10.2 Å². The van der Waals surface area contributed by atoms with Crippen molar-refractivity contribution in [3.63, 3.8) is 0 Å². The van der Waals surface area contributed by atoms with Gasteiger partial charge in [0, 0.05) is 47.7 Å². The monoisotopic (exact) mass is 508 g/mol. The smallest absolute Gasteiger partial charge is 0.161 e. The van der Waals surface area contributed by atoms with Gasteiger partial charge in [0.25, 0.3) is 0 Å². The number of benzene rings is 1. The standard InChI is InChI=1S/C28H25FN8O/c1-37(2)10-11-38-20-13-18(12-19(29)14-20)21-4-3-7-31-27-25(21)33-28(34-27)26-22-15-23(17-5-8-30-9-6-17)32-16-24(22)35-36-26/h3-9,12-16,31H,10-11H2,1-2H3,(H,33,34)(H,35,36). The van der Waals surface area contributed by atoms with E-state index in [4.69, 9.17) is 9.72 Å². The van der Waals surface area contributed by atoms with E-state index >= 15 is 0 Å². The zero-order valence-corrected chi connectivity index (χ0v) is 20.9. The summed E-state index contributed by atoms with van der Waals surface area (Å²) >= 11 is 0. The van der Waals surface area contributed by atoms with Crippen LogP contribution in [0.5, 0.6) is 5.75 Å². The fourth-order valence-corrected chi connectivity index (χ4v) is 4.31. The van der Waals surface area contributed by atoms with Crippen LogP contribution >= 0.6 is 0 Å². The normalized spacial score (nSPS) is 12.8. The molecule has 0 saturated carbocycles. The van der Waals surface area contributed by atoms with E-state index in [0.717, 1.165) is 40.0 Å². The Morgan fingerprint density at radius 1 is 1.05 bits per heavy atom. The minimum atomic E-state index is -0.375. The van der Waals surface area contributed by atoms with Gasteiger partial charge in [-0.3, -0.25) is 15.1 Å². The molecule has 0 bridgehead atoms. The number of fused-ring (bicyclic) bond motifs is 2. The predicted octanol–water partition coefficient (Wildman–Crippen LogP) is 4.86. The molecule has 0 unspecified atom stereocenters. The second-order valence-electron chi connectivity index (χ2n) is 9.14. The molecule has 6 rings (SSSR count). The molecule has 0 amide bonds. The summed E-state index contributed by atoms with van der Waals surface area (Å²) < 4.78 is 20.4. The van der Waals surface area contributed by atoms with Crippen molar-refractivity contribution in [3.8, 4) is 28.5 Å². The number of imidazole rings is 1. The van der Waals surface area contributed by atoms with Gasteiger partial charge in [0.05, 0.1) is 23.1 Å². The van der Waals surface area contributed by atoms with Crippen LogP contribution in [0.3, 0.4) is 0 Å². The molecule has 1 aromatic carbocycles. The third-order valence-electron chi connectivity index (χ3n) is 6.19. The molecule has 10 heteroatoms. The Labute approximate surface area is 218 Å². The van der Waals surface area contributed by atoms with Crippen LogP contribution in [-0.4, -0.2) is 62.3 Å². The molecular formula is C28H25FN8O. The van der Waals surface area contributed by atoms with E-state index in [1.807, 2.05) is 55.4 Å². The quantitative estimate of drug-likeness (QED) is 0.288. The number of nitrogens with one attached hydrogen (secondary N) is 3. The lowest BCUT2D eigenvalue weighted by molar-refractivity contribution is 0.260. The highest BCUT2D eigenvalue weighted by Crippen LogP contribution is 2.35. The van der Waals surface area contributed by atoms with Crippen LogP contribution < -0.4 is 10.1 Å². The Balaban J connectivity index is 1.38. The number of pyridine rings is 2. The maximum absolute atomic E-state index is 14.6. The summed E-state index contributed by atoms with van der Waals surface area (Å²) in [6, 6.07) is 10.5. The zero-order chi connectivity index (χ0) is 26.1. The van der Waals surface area contributed by atoms with Crippen LogP contribution in [-0.2, 0) is 0 Å². The van der Waals surface area contributed by atoms with Crippen molar-refractivity contribution in [1.82, 2.24) is 35.0 Å². The molecule has 9 nitrogen and oxygen atoms in total. The minimum absolute atomic E-state index is 0.375. The Bertz CT molecular complexity index is 1670. The summed E-state index contributed by atoms with van der Waals surface area (Å²) in [6.45, 7) is 1.18. The fourth-order valence-electron chi connectivity index (χ4n) is 4.31. The van der Waals surface area contributed by atoms with Gasteiger partial charge in [0.15, 0.2) is 11.6 Å². The van der Waals surface area contributed by atoms with Crippen LogP contribution in [0, 0.1) is 5.82 Å². The molecule has 0 fully saturated rings. The first-order valence-corrected chi connectivity index (χ1v) is 12.1. The number of rotatable bonds is 7. The molecule has 1 aliphatic heterocycles. The molecule has 0 saturated heterocycles. The number of allylic oxidation sites excluding steroid dienone is 2. The van der Waals surface area contributed by atoms with E-state index in [2.05, 4.69) is 30.5 Å². The van der Waals surface area contributed by atoms with Crippen molar-refractivity contribution in [3.05, 3.63) is 90.4 Å². The zero-order valence-electron chi connectivity index (χ0n) is 20.9. The van der Waals surface area contributed by atoms with Crippen LogP contribution in [0.25, 0.3) is 39.3 Å². The second-order valence-corrected chi connectivity index (χ2v) is 9.14. The molecule has 190 valence electrons. The average molecular weight is 509 g/mol. The highest BCUT2D eigenvalue weighted by molar-refractivity contribution is 5.94. The first kappa shape index (κ1) is 23.6. The average Bonchev–Trinajstić information content (AvgIpc) is 3.47. The van der Waals surface area contributed by atoms with Crippen molar-refractivity contribution in [2.75, 3.05) is 32.6 Å². The van der Waals surface area contributed by atoms with Gasteiger partial charge in [-0.25, -0.2) is 9.37 Å². The van der Waals surface area contributed by atoms with Crippen LogP contribution in [0.2, 0.25) is 0 Å². The fraction of sp³-hybridized carbons (Fsp3) is 0.143. The number of H-pyrrole nitrogens is 2. The molecule has 5 heterocycles. The molecule has 4 aromatic heterocycles. The third kappa shape index (κ3) is 4.64. The topological polar surface area (TPSA) is 108 Å². The maximum atomic E-state index is 14.6. The van der Waals surface area contributed by atoms with Gasteiger partial charge >= 0.3 is 0 Å². The number of ether oxygens (including phenoxy) is 1. The highest BCUT2D eigenvalue weighted by Gasteiger charge is 2.21. The Hall–Kier alpha value is -4.83. The molecule has 3 N–H and O–H groups in total. The Morgan fingerprint density at radius 3 is 2.76 bits per heavy atom. The molecular weight excluding hydrogens is 483 g/mol. The maximum Gasteiger partial charge on any atom is 0.161 e. The lowest BCUT2D eigenvalue weighted by Crippen LogP contribution is -2.19. The van der Waals surface area contributed by atoms with E-state index in [1.54, 1.807) is 24.8 Å². The van der Waals surface area contributed by atoms with Crippen molar-refractivity contribution in [2.45, 2.75) is 0 Å². The lowest BCUT2D eigenvalue weighted by atomic mass is 10.0. The van der Waals surface area contributed by atoms with E-state index in [0.29, 0.717) is 35.3 Å². The predicted molar refractivity (Wildman–Crippen MR) is 145 cm³/mol. The molecule has 0 spiro atoms. The van der Waals surface area contributed by atoms with Crippen molar-refractivity contribution < 1.29 is 9.13 Å². The lowest BCUT2D eigenvalue weighted by Gasteiger charge is -2.13. The summed E-state index contributed by atoms with van der Waals surface area (Å²) in [4.78, 5) is 18.8. The van der Waals surface area contributed by atoms with Gasteiger partial charge in [0.2, 0.25) is 0 Å². The molecule has 0 radical (unpaired) electrons. The molecule has 38 heavy (non-hydrogen) atoms. The second kappa shape index (κ2) is 9.91. The molecule has 5 aromatic rings. The van der Waals surface area contributed by atoms with Gasteiger partial charge in [-0.2, -0.15) is 5.10 Å². The number of hydrogen-bond donors (Lipinski definition) is 3. The third-order valence-corrected chi connectivity index (χ3v) is 6.19. The van der Waals surface area contributed by atoms with E-state index in [9.17, 15) is 4.39 Å². The molecule has 0 atom stereocenters. The first-order valence-electron chi connectivity index (χ1n) is 12.1. The van der Waals surface area contributed by atoms with Gasteiger partial charge in [-0.1, -0.05) is 6.08 Å². The largest absolute Gasteiger partial charge is 0.492 e. The number of likely N-dealkylation sites (N-methyl/N-ethyl adjacent to an activating group) is 1. The first-order chi connectivity index (χ1) is 18.5. The number of nitrogens with zero attached hydrogens (tertiary/aromatic N) is 5.